The van der Waals surface area contributed by atoms with Crippen molar-refractivity contribution in [2.45, 2.75) is 12.8 Å². The molecule has 7 aromatic rings. The number of carbonyl (C=O) groups is 2. The van der Waals surface area contributed by atoms with Gasteiger partial charge < -0.3 is 15.6 Å². The van der Waals surface area contributed by atoms with Crippen molar-refractivity contribution in [3.63, 3.8) is 0 Å². The van der Waals surface area contributed by atoms with Crippen LogP contribution in [-0.4, -0.2) is 26.3 Å². The van der Waals surface area contributed by atoms with Gasteiger partial charge in [-0.25, -0.2) is 4.98 Å². The molecule has 2 amide bonds. The summed E-state index contributed by atoms with van der Waals surface area (Å²) in [6, 6.07) is 36.9. The molecule has 1 aliphatic heterocycles. The Morgan fingerprint density at radius 3 is 1.96 bits per heavy atom. The molecule has 2 aromatic heterocycles. The van der Waals surface area contributed by atoms with Gasteiger partial charge in [-0.1, -0.05) is 72.8 Å². The van der Waals surface area contributed by atoms with Gasteiger partial charge in [-0.05, 0) is 60.5 Å². The van der Waals surface area contributed by atoms with E-state index in [4.69, 9.17) is 4.98 Å². The molecule has 0 fully saturated rings. The first kappa shape index (κ1) is 27.3. The van der Waals surface area contributed by atoms with E-state index in [0.717, 1.165) is 27.7 Å². The maximum Gasteiger partial charge on any atom is 0.265 e. The first-order valence-electron chi connectivity index (χ1n) is 15.1. The van der Waals surface area contributed by atoms with Crippen LogP contribution < -0.4 is 16.2 Å². The van der Waals surface area contributed by atoms with E-state index < -0.39 is 5.91 Å². The van der Waals surface area contributed by atoms with Crippen LogP contribution in [0.1, 0.15) is 32.1 Å². The molecule has 0 aliphatic carbocycles. The monoisotopic (exact) mass is 601 g/mol. The Bertz CT molecular complexity index is 2400. The van der Waals surface area contributed by atoms with Crippen LogP contribution in [0.15, 0.2) is 126 Å². The quantitative estimate of drug-likeness (QED) is 0.172. The topological polar surface area (TPSA) is 109 Å². The number of nitrogens with one attached hydrogen (secondary N) is 3. The molecule has 3 heterocycles. The number of H-pyrrole nitrogens is 1. The molecule has 3 N–H and O–H groups in total. The lowest BCUT2D eigenvalue weighted by molar-refractivity contribution is 0.102. The Morgan fingerprint density at radius 2 is 1.15 bits per heavy atom. The third-order valence-corrected chi connectivity index (χ3v) is 8.51. The third kappa shape index (κ3) is 4.55. The molecule has 222 valence electrons. The molecule has 46 heavy (non-hydrogen) atoms. The molecule has 5 aromatic carbocycles. The number of fused-ring (bicyclic) bond motifs is 10. The predicted octanol–water partition coefficient (Wildman–Crippen LogP) is 7.14. The standard InChI is InChI=1S/C38H27N5O3/c44-36-26-13-3-8-18-31(26)42-37(45)28-15-5-10-20-33(28)43-34(39-32-19-9-4-14-27(32)38(43)46)22-21-24-23-11-1-6-16-29(23)40-35(24)25-12-2-7-17-30(25)41-36/h1-20,40H,21-22H2,(H,41,44)(H,42,45). The highest BCUT2D eigenvalue weighted by molar-refractivity contribution is 6.14. The fourth-order valence-electron chi connectivity index (χ4n) is 6.36. The van der Waals surface area contributed by atoms with Gasteiger partial charge in [0.1, 0.15) is 5.82 Å². The van der Waals surface area contributed by atoms with Crippen LogP contribution in [0.5, 0.6) is 0 Å². The normalized spacial score (nSPS) is 13.1. The second-order valence-corrected chi connectivity index (χ2v) is 11.2. The molecule has 1 aliphatic rings. The minimum absolute atomic E-state index is 0.258. The molecule has 0 atom stereocenters. The average molecular weight is 602 g/mol. The van der Waals surface area contributed by atoms with E-state index in [1.54, 1.807) is 59.2 Å². The fourth-order valence-corrected chi connectivity index (χ4v) is 6.36. The lowest BCUT2D eigenvalue weighted by Gasteiger charge is -2.19. The summed E-state index contributed by atoms with van der Waals surface area (Å²) < 4.78 is 1.56. The second-order valence-electron chi connectivity index (χ2n) is 11.2. The summed E-state index contributed by atoms with van der Waals surface area (Å²) in [5.74, 6) is -0.277. The Morgan fingerprint density at radius 1 is 0.565 bits per heavy atom. The predicted molar refractivity (Wildman–Crippen MR) is 181 cm³/mol. The van der Waals surface area contributed by atoms with Gasteiger partial charge in [0.15, 0.2) is 0 Å². The van der Waals surface area contributed by atoms with Crippen molar-refractivity contribution in [1.29, 1.82) is 0 Å². The number of rotatable bonds is 0. The van der Waals surface area contributed by atoms with E-state index in [9.17, 15) is 14.4 Å². The average Bonchev–Trinajstić information content (AvgIpc) is 3.46. The van der Waals surface area contributed by atoms with Crippen LogP contribution >= 0.6 is 0 Å². The lowest BCUT2D eigenvalue weighted by Crippen LogP contribution is -2.27. The van der Waals surface area contributed by atoms with Gasteiger partial charge in [-0.3, -0.25) is 19.0 Å². The Hall–Kier alpha value is -6.28. The van der Waals surface area contributed by atoms with Gasteiger partial charge >= 0.3 is 0 Å². The Labute approximate surface area is 263 Å². The van der Waals surface area contributed by atoms with Crippen LogP contribution in [0.2, 0.25) is 0 Å². The molecule has 0 bridgehead atoms. The highest BCUT2D eigenvalue weighted by Crippen LogP contribution is 2.36. The summed E-state index contributed by atoms with van der Waals surface area (Å²) in [5.41, 5.74) is 6.00. The number of benzene rings is 5. The van der Waals surface area contributed by atoms with Gasteiger partial charge in [0, 0.05) is 22.9 Å². The molecule has 0 saturated heterocycles. The molecular formula is C38H27N5O3. The summed E-state index contributed by atoms with van der Waals surface area (Å²) in [4.78, 5) is 50.6. The van der Waals surface area contributed by atoms with Crippen LogP contribution in [0.3, 0.4) is 0 Å². The highest BCUT2D eigenvalue weighted by atomic mass is 16.2. The van der Waals surface area contributed by atoms with Crippen molar-refractivity contribution in [3.05, 3.63) is 154 Å². The van der Waals surface area contributed by atoms with Crippen LogP contribution in [0, 0.1) is 0 Å². The zero-order valence-corrected chi connectivity index (χ0v) is 24.6. The maximum absolute atomic E-state index is 14.2. The number of aryl methyl sites for hydroxylation is 2. The molecule has 8 nitrogen and oxygen atoms in total. The van der Waals surface area contributed by atoms with Crippen LogP contribution in [-0.2, 0) is 12.8 Å². The number of anilines is 2. The number of hydrogen-bond donors (Lipinski definition) is 3. The van der Waals surface area contributed by atoms with Crippen molar-refractivity contribution in [1.82, 2.24) is 14.5 Å². The largest absolute Gasteiger partial charge is 0.354 e. The Kier molecular flexibility index (Phi) is 6.53. The number of aromatic nitrogens is 3. The van der Waals surface area contributed by atoms with E-state index in [0.29, 0.717) is 52.2 Å². The van der Waals surface area contributed by atoms with Crippen molar-refractivity contribution < 1.29 is 9.59 Å². The first-order chi connectivity index (χ1) is 22.6. The molecular weight excluding hydrogens is 574 g/mol. The summed E-state index contributed by atoms with van der Waals surface area (Å²) in [5, 5.41) is 7.52. The minimum atomic E-state index is -0.451. The van der Waals surface area contributed by atoms with Crippen molar-refractivity contribution in [2.75, 3.05) is 10.6 Å². The number of amides is 2. The summed E-state index contributed by atoms with van der Waals surface area (Å²) >= 11 is 0. The smallest absolute Gasteiger partial charge is 0.265 e. The summed E-state index contributed by atoms with van der Waals surface area (Å²) in [6.07, 6.45) is 0.936. The zero-order valence-electron chi connectivity index (χ0n) is 24.6. The molecule has 8 heteroatoms. The Balaban J connectivity index is 1.42. The molecule has 0 radical (unpaired) electrons. The van der Waals surface area contributed by atoms with Crippen molar-refractivity contribution in [2.24, 2.45) is 0 Å². The summed E-state index contributed by atoms with van der Waals surface area (Å²) in [6.45, 7) is 0. The summed E-state index contributed by atoms with van der Waals surface area (Å²) in [7, 11) is 0. The van der Waals surface area contributed by atoms with Gasteiger partial charge in [0.2, 0.25) is 0 Å². The third-order valence-electron chi connectivity index (χ3n) is 8.51. The van der Waals surface area contributed by atoms with E-state index >= 15 is 0 Å². The van der Waals surface area contributed by atoms with Crippen molar-refractivity contribution >= 4 is 45.0 Å². The first-order valence-corrected chi connectivity index (χ1v) is 15.1. The van der Waals surface area contributed by atoms with Crippen LogP contribution in [0.25, 0.3) is 38.8 Å². The SMILES string of the molecule is O=C1Nc2ccccc2-c2[nH]c3ccccc3c2CCc2nc3ccccc3c(=O)n2-c2ccccc2C(=O)Nc2ccccc21. The fraction of sp³-hybridized carbons (Fsp3) is 0.0526. The minimum Gasteiger partial charge on any atom is -0.354 e. The van der Waals surface area contributed by atoms with Gasteiger partial charge in [0.05, 0.1) is 44.8 Å². The lowest BCUT2D eigenvalue weighted by atomic mass is 9.99. The number of nitrogens with zero attached hydrogens (tertiary/aromatic N) is 2. The van der Waals surface area contributed by atoms with Crippen molar-refractivity contribution in [3.8, 4) is 16.9 Å². The maximum atomic E-state index is 14.2. The number of aromatic amines is 1. The van der Waals surface area contributed by atoms with E-state index in [1.165, 1.54) is 0 Å². The number of para-hydroxylation sites is 5. The van der Waals surface area contributed by atoms with Gasteiger partial charge in [-0.2, -0.15) is 0 Å². The number of carbonyl (C=O) groups excluding carboxylic acids is 2. The molecule has 0 spiro atoms. The van der Waals surface area contributed by atoms with Gasteiger partial charge in [-0.15, -0.1) is 0 Å². The second kappa shape index (κ2) is 11.0. The molecule has 8 rings (SSSR count). The number of hydrogen-bond acceptors (Lipinski definition) is 4. The molecule has 0 unspecified atom stereocenters. The van der Waals surface area contributed by atoms with Gasteiger partial charge in [0.25, 0.3) is 17.4 Å². The zero-order chi connectivity index (χ0) is 31.2. The van der Waals surface area contributed by atoms with Crippen LogP contribution in [0.4, 0.5) is 11.4 Å². The van der Waals surface area contributed by atoms with E-state index in [-0.39, 0.29) is 17.0 Å². The van der Waals surface area contributed by atoms with E-state index in [1.807, 2.05) is 60.7 Å². The van der Waals surface area contributed by atoms with E-state index in [2.05, 4.69) is 21.7 Å². The highest BCUT2D eigenvalue weighted by Gasteiger charge is 2.23. The molecule has 0 saturated carbocycles.